The summed E-state index contributed by atoms with van der Waals surface area (Å²) < 4.78 is 54.2. The quantitative estimate of drug-likeness (QED) is 0.280. The molecule has 1 aliphatic heterocycles. The molecule has 0 saturated carbocycles. The fourth-order valence-electron chi connectivity index (χ4n) is 3.90. The molecule has 3 rings (SSSR count). The standard InChI is InChI=1S/C26H28ClF4N5O2/c1-15(2)24(37)34-19-10-12-35(13-11-19)16(3)33-23(21-9-6-18(27)14-22(21)28)36(25(32)38)20-7-4-17(5-8-20)26(29,30)31/h4-9,14-15,19H,3,10-13H2,1-2H3,(H2,32,38)(H,34,37)/b33-23-. The monoisotopic (exact) mass is 553 g/mol. The third-order valence-corrected chi connectivity index (χ3v) is 6.26. The number of aliphatic imine (C=N–C) groups is 1. The Kier molecular flexibility index (Phi) is 9.03. The van der Waals surface area contributed by atoms with Crippen LogP contribution in [0.3, 0.4) is 0 Å². The van der Waals surface area contributed by atoms with Crippen molar-refractivity contribution in [2.45, 2.75) is 38.9 Å². The van der Waals surface area contributed by atoms with Crippen molar-refractivity contribution >= 4 is 35.1 Å². The molecular weight excluding hydrogens is 526 g/mol. The molecule has 2 aromatic carbocycles. The molecule has 0 aromatic heterocycles. The number of hydrogen-bond donors (Lipinski definition) is 2. The van der Waals surface area contributed by atoms with E-state index in [0.717, 1.165) is 35.2 Å². The molecule has 7 nitrogen and oxygen atoms in total. The van der Waals surface area contributed by atoms with E-state index < -0.39 is 23.6 Å². The highest BCUT2D eigenvalue weighted by Crippen LogP contribution is 2.31. The highest BCUT2D eigenvalue weighted by molar-refractivity contribution is 6.31. The van der Waals surface area contributed by atoms with Crippen molar-refractivity contribution in [2.24, 2.45) is 16.6 Å². The summed E-state index contributed by atoms with van der Waals surface area (Å²) in [6, 6.07) is 6.22. The number of primary amides is 1. The number of alkyl halides is 3. The maximum atomic E-state index is 15.0. The second-order valence-electron chi connectivity index (χ2n) is 9.12. The topological polar surface area (TPSA) is 91.0 Å². The van der Waals surface area contributed by atoms with Gasteiger partial charge in [0.25, 0.3) is 0 Å². The van der Waals surface area contributed by atoms with Crippen molar-refractivity contribution in [3.63, 3.8) is 0 Å². The van der Waals surface area contributed by atoms with Gasteiger partial charge in [0.15, 0.2) is 5.84 Å². The summed E-state index contributed by atoms with van der Waals surface area (Å²) in [5, 5.41) is 3.08. The van der Waals surface area contributed by atoms with E-state index >= 15 is 4.39 Å². The van der Waals surface area contributed by atoms with Gasteiger partial charge in [-0.2, -0.15) is 13.2 Å². The largest absolute Gasteiger partial charge is 0.416 e. The molecule has 204 valence electrons. The predicted octanol–water partition coefficient (Wildman–Crippen LogP) is 5.54. The van der Waals surface area contributed by atoms with E-state index in [4.69, 9.17) is 17.3 Å². The third-order valence-electron chi connectivity index (χ3n) is 6.02. The van der Waals surface area contributed by atoms with Gasteiger partial charge >= 0.3 is 12.2 Å². The van der Waals surface area contributed by atoms with Gasteiger partial charge in [0.1, 0.15) is 11.6 Å². The van der Waals surface area contributed by atoms with E-state index in [1.54, 1.807) is 18.7 Å². The van der Waals surface area contributed by atoms with E-state index in [-0.39, 0.29) is 45.8 Å². The molecule has 0 aliphatic carbocycles. The first-order chi connectivity index (χ1) is 17.8. The molecule has 12 heteroatoms. The minimum absolute atomic E-state index is 0.0274. The van der Waals surface area contributed by atoms with Crippen LogP contribution in [0, 0.1) is 11.7 Å². The van der Waals surface area contributed by atoms with Crippen LogP contribution < -0.4 is 16.0 Å². The molecular formula is C26H28ClF4N5O2. The maximum Gasteiger partial charge on any atom is 0.416 e. The minimum Gasteiger partial charge on any atom is -0.357 e. The fourth-order valence-corrected chi connectivity index (χ4v) is 4.06. The van der Waals surface area contributed by atoms with Gasteiger partial charge in [-0.25, -0.2) is 19.1 Å². The number of rotatable bonds is 6. The Bertz CT molecular complexity index is 1220. The van der Waals surface area contributed by atoms with Gasteiger partial charge in [-0.05, 0) is 55.3 Å². The molecule has 3 amide bonds. The van der Waals surface area contributed by atoms with E-state index in [2.05, 4.69) is 16.9 Å². The zero-order chi connectivity index (χ0) is 28.2. The van der Waals surface area contributed by atoms with Gasteiger partial charge < -0.3 is 16.0 Å². The van der Waals surface area contributed by atoms with Crippen molar-refractivity contribution in [3.8, 4) is 0 Å². The number of hydrogen-bond acceptors (Lipinski definition) is 4. The summed E-state index contributed by atoms with van der Waals surface area (Å²) in [6.45, 7) is 8.51. The van der Waals surface area contributed by atoms with E-state index in [9.17, 15) is 22.8 Å². The van der Waals surface area contributed by atoms with Gasteiger partial charge in [0, 0.05) is 30.1 Å². The summed E-state index contributed by atoms with van der Waals surface area (Å²) in [4.78, 5) is 31.6. The summed E-state index contributed by atoms with van der Waals surface area (Å²) in [6.07, 6.45) is -3.38. The number of piperidine rings is 1. The second-order valence-corrected chi connectivity index (χ2v) is 9.56. The van der Waals surface area contributed by atoms with Crippen LogP contribution in [0.1, 0.15) is 37.8 Å². The first kappa shape index (κ1) is 29.0. The number of amidine groups is 1. The van der Waals surface area contributed by atoms with Crippen LogP contribution in [0.5, 0.6) is 0 Å². The lowest BCUT2D eigenvalue weighted by molar-refractivity contribution is -0.137. The van der Waals surface area contributed by atoms with E-state index in [1.165, 1.54) is 12.1 Å². The van der Waals surface area contributed by atoms with Crippen LogP contribution in [0.15, 0.2) is 59.9 Å². The first-order valence-corrected chi connectivity index (χ1v) is 12.2. The normalized spacial score (nSPS) is 14.9. The average molecular weight is 554 g/mol. The highest BCUT2D eigenvalue weighted by Gasteiger charge is 2.31. The van der Waals surface area contributed by atoms with Gasteiger partial charge in [-0.1, -0.05) is 32.0 Å². The molecule has 2 aromatic rings. The smallest absolute Gasteiger partial charge is 0.357 e. The van der Waals surface area contributed by atoms with Crippen LogP contribution in [0.4, 0.5) is 28.0 Å². The number of likely N-dealkylation sites (tertiary alicyclic amines) is 1. The number of amides is 3. The van der Waals surface area contributed by atoms with Crippen LogP contribution in [0.2, 0.25) is 5.02 Å². The van der Waals surface area contributed by atoms with Gasteiger partial charge in [-0.15, -0.1) is 0 Å². The van der Waals surface area contributed by atoms with E-state index in [0.29, 0.717) is 25.9 Å². The molecule has 1 heterocycles. The van der Waals surface area contributed by atoms with Gasteiger partial charge in [0.2, 0.25) is 5.91 Å². The minimum atomic E-state index is -4.59. The van der Waals surface area contributed by atoms with Crippen molar-refractivity contribution < 1.29 is 27.2 Å². The number of benzene rings is 2. The Morgan fingerprint density at radius 1 is 1.16 bits per heavy atom. The van der Waals surface area contributed by atoms with Gasteiger partial charge in [-0.3, -0.25) is 4.79 Å². The van der Waals surface area contributed by atoms with Gasteiger partial charge in [0.05, 0.1) is 16.8 Å². The lowest BCUT2D eigenvalue weighted by Gasteiger charge is -2.34. The van der Waals surface area contributed by atoms with Crippen molar-refractivity contribution in [1.82, 2.24) is 10.2 Å². The van der Waals surface area contributed by atoms with Crippen molar-refractivity contribution in [1.29, 1.82) is 0 Å². The number of halogens is 5. The first-order valence-electron chi connectivity index (χ1n) is 11.8. The lowest BCUT2D eigenvalue weighted by atomic mass is 10.0. The SMILES string of the molecule is C=C(/N=C(/c1ccc(Cl)cc1F)N(C(N)=O)c1ccc(C(F)(F)F)cc1)N1CCC(NC(=O)C(C)C)CC1. The second kappa shape index (κ2) is 11.8. The number of nitrogens with one attached hydrogen (secondary N) is 1. The summed E-state index contributed by atoms with van der Waals surface area (Å²) in [5.74, 6) is -1.10. The molecule has 0 bridgehead atoms. The molecule has 0 unspecified atom stereocenters. The highest BCUT2D eigenvalue weighted by atomic mass is 35.5. The lowest BCUT2D eigenvalue weighted by Crippen LogP contribution is -2.46. The Hall–Kier alpha value is -3.60. The summed E-state index contributed by atoms with van der Waals surface area (Å²) in [5.41, 5.74) is 4.46. The molecule has 1 saturated heterocycles. The number of carbonyl (C=O) groups is 2. The van der Waals surface area contributed by atoms with Crippen LogP contribution in [-0.2, 0) is 11.0 Å². The van der Waals surface area contributed by atoms with Crippen LogP contribution in [-0.4, -0.2) is 41.8 Å². The molecule has 1 fully saturated rings. The van der Waals surface area contributed by atoms with Crippen molar-refractivity contribution in [2.75, 3.05) is 18.0 Å². The molecule has 3 N–H and O–H groups in total. The van der Waals surface area contributed by atoms with Crippen LogP contribution >= 0.6 is 11.6 Å². The zero-order valence-corrected chi connectivity index (χ0v) is 21.6. The molecule has 0 atom stereocenters. The molecule has 0 radical (unpaired) electrons. The number of anilines is 1. The third kappa shape index (κ3) is 7.03. The Morgan fingerprint density at radius 3 is 2.26 bits per heavy atom. The zero-order valence-electron chi connectivity index (χ0n) is 20.9. The number of nitrogens with two attached hydrogens (primary N) is 1. The number of carbonyl (C=O) groups excluding carboxylic acids is 2. The number of nitrogens with zero attached hydrogens (tertiary/aromatic N) is 3. The average Bonchev–Trinajstić information content (AvgIpc) is 2.83. The van der Waals surface area contributed by atoms with Crippen LogP contribution in [0.25, 0.3) is 0 Å². The van der Waals surface area contributed by atoms with Crippen molar-refractivity contribution in [3.05, 3.63) is 76.8 Å². The van der Waals surface area contributed by atoms with E-state index in [1.807, 2.05) is 0 Å². The molecule has 1 aliphatic rings. The maximum absolute atomic E-state index is 15.0. The summed E-state index contributed by atoms with van der Waals surface area (Å²) in [7, 11) is 0. The fraction of sp³-hybridized carbons (Fsp3) is 0.346. The number of urea groups is 1. The Balaban J connectivity index is 1.96. The Labute approximate surface area is 222 Å². The predicted molar refractivity (Wildman–Crippen MR) is 138 cm³/mol. The molecule has 0 spiro atoms. The molecule has 38 heavy (non-hydrogen) atoms. The Morgan fingerprint density at radius 2 is 1.76 bits per heavy atom. The summed E-state index contributed by atoms with van der Waals surface area (Å²) >= 11 is 5.89.